The van der Waals surface area contributed by atoms with Gasteiger partial charge in [-0.05, 0) is 129 Å². The zero-order valence-electron chi connectivity index (χ0n) is 41.9. The Hall–Kier alpha value is -9.44. The first kappa shape index (κ1) is 45.4. The fourth-order valence-electron chi connectivity index (χ4n) is 11.6. The van der Waals surface area contributed by atoms with E-state index in [1.54, 1.807) is 0 Å². The second-order valence-corrected chi connectivity index (χ2v) is 19.7. The summed E-state index contributed by atoms with van der Waals surface area (Å²) >= 11 is 0. The van der Waals surface area contributed by atoms with Gasteiger partial charge in [-0.25, -0.2) is 0 Å². The molecule has 3 heteroatoms. The number of allylic oxidation sites excluding steroid dienone is 9. The third-order valence-electron chi connectivity index (χ3n) is 15.1. The zero-order chi connectivity index (χ0) is 50.2. The van der Waals surface area contributed by atoms with E-state index >= 15 is 0 Å². The summed E-state index contributed by atoms with van der Waals surface area (Å²) in [6.07, 6.45) is 15.1. The van der Waals surface area contributed by atoms with Gasteiger partial charge < -0.3 is 13.9 Å². The maximum Gasteiger partial charge on any atom is 0.135 e. The van der Waals surface area contributed by atoms with E-state index < -0.39 is 0 Å². The zero-order valence-corrected chi connectivity index (χ0v) is 41.9. The summed E-state index contributed by atoms with van der Waals surface area (Å²) < 4.78 is 8.67. The maximum atomic E-state index is 6.26. The number of rotatable bonds is 12. The van der Waals surface area contributed by atoms with E-state index in [0.29, 0.717) is 0 Å². The molecule has 13 rings (SSSR count). The lowest BCUT2D eigenvalue weighted by molar-refractivity contribution is 0.640. The quantitative estimate of drug-likeness (QED) is 0.114. The Labute approximate surface area is 438 Å². The Balaban J connectivity index is 0.887. The molecule has 2 aromatic heterocycles. The van der Waals surface area contributed by atoms with E-state index in [9.17, 15) is 0 Å². The van der Waals surface area contributed by atoms with E-state index in [4.69, 9.17) is 4.42 Å². The highest BCUT2D eigenvalue weighted by atomic mass is 16.3. The van der Waals surface area contributed by atoms with Gasteiger partial charge in [-0.2, -0.15) is 0 Å². The number of anilines is 2. The topological polar surface area (TPSA) is 21.3 Å². The van der Waals surface area contributed by atoms with Crippen LogP contribution >= 0.6 is 0 Å². The van der Waals surface area contributed by atoms with Gasteiger partial charge in [0.15, 0.2) is 0 Å². The fraction of sp³-hybridized carbons (Fsp3) is 0.0556. The summed E-state index contributed by atoms with van der Waals surface area (Å²) in [6, 6.07) is 83.4. The van der Waals surface area contributed by atoms with E-state index in [1.807, 2.05) is 18.2 Å². The van der Waals surface area contributed by atoms with Gasteiger partial charge in [-0.15, -0.1) is 0 Å². The first-order valence-corrected chi connectivity index (χ1v) is 26.0. The summed E-state index contributed by atoms with van der Waals surface area (Å²) in [5.74, 6) is 0.246. The van der Waals surface area contributed by atoms with Gasteiger partial charge in [0.25, 0.3) is 0 Å². The number of benzene rings is 10. The van der Waals surface area contributed by atoms with Crippen LogP contribution in [0.3, 0.4) is 0 Å². The van der Waals surface area contributed by atoms with E-state index in [1.165, 1.54) is 71.7 Å². The number of fused-ring (bicyclic) bond motifs is 7. The van der Waals surface area contributed by atoms with Gasteiger partial charge in [-0.3, -0.25) is 0 Å². The maximum absolute atomic E-state index is 6.26. The minimum Gasteiger partial charge on any atom is -0.456 e. The van der Waals surface area contributed by atoms with Crippen LogP contribution in [0.4, 0.5) is 11.4 Å². The first-order chi connectivity index (χ1) is 37.1. The Morgan fingerprint density at radius 1 is 0.560 bits per heavy atom. The molecule has 1 atom stereocenters. The molecule has 10 aromatic carbocycles. The Bertz CT molecular complexity index is 4270. The van der Waals surface area contributed by atoms with Gasteiger partial charge in [-0.1, -0.05) is 219 Å². The molecule has 3 nitrogen and oxygen atoms in total. The average Bonchev–Trinajstić information content (AvgIpc) is 4.02. The minimum absolute atomic E-state index is 0.246. The van der Waals surface area contributed by atoms with Crippen molar-refractivity contribution < 1.29 is 4.42 Å². The summed E-state index contributed by atoms with van der Waals surface area (Å²) in [7, 11) is 0. The lowest BCUT2D eigenvalue weighted by Gasteiger charge is -2.35. The van der Waals surface area contributed by atoms with Gasteiger partial charge in [0, 0.05) is 50.1 Å². The van der Waals surface area contributed by atoms with Crippen LogP contribution in [-0.2, 0) is 0 Å². The van der Waals surface area contributed by atoms with Crippen molar-refractivity contribution in [2.24, 2.45) is 5.92 Å². The highest BCUT2D eigenvalue weighted by Gasteiger charge is 2.26. The highest BCUT2D eigenvalue weighted by Crippen LogP contribution is 2.45. The summed E-state index contributed by atoms with van der Waals surface area (Å²) in [6.45, 7) is 6.44. The molecule has 0 saturated carbocycles. The standard InChI is InChI=1S/C72H54N2O/c1-3-19-53(60-32-17-25-54-23-7-8-28-59(54)60)24-15-20-50-38-44-66(49(2)46-50)73(57-41-39-52(40-42-57)51-21-5-4-6-22-51)67-34-12-9-29-61(67)55-26-16-27-56(47-55)62-33-18-36-69-72(62)64-31-10-13-35-68(64)74(69)58-43-45-71-65(48-58)63-30-11-14-37-70(63)75-71/h3-19,21-45,47-49H,1,20,46H2,2H3/b24-15-,53-19+. The molecular weight excluding hydrogens is 909 g/mol. The van der Waals surface area contributed by atoms with E-state index in [-0.39, 0.29) is 5.92 Å². The van der Waals surface area contributed by atoms with E-state index in [0.717, 1.165) is 68.5 Å². The minimum atomic E-state index is 0.246. The van der Waals surface area contributed by atoms with Crippen molar-refractivity contribution in [1.82, 2.24) is 4.57 Å². The molecule has 1 unspecified atom stereocenters. The van der Waals surface area contributed by atoms with Crippen molar-refractivity contribution in [2.75, 3.05) is 4.90 Å². The fourth-order valence-corrected chi connectivity index (χ4v) is 11.6. The van der Waals surface area contributed by atoms with Crippen LogP contribution in [-0.4, -0.2) is 4.57 Å². The predicted molar refractivity (Wildman–Crippen MR) is 319 cm³/mol. The predicted octanol–water partition coefficient (Wildman–Crippen LogP) is 20.0. The molecular formula is C72H54N2O. The van der Waals surface area contributed by atoms with Gasteiger partial charge in [0.05, 0.1) is 16.7 Å². The normalized spacial score (nSPS) is 14.0. The first-order valence-electron chi connectivity index (χ1n) is 26.0. The molecule has 0 bridgehead atoms. The molecule has 0 aliphatic heterocycles. The van der Waals surface area contributed by atoms with Crippen molar-refractivity contribution in [2.45, 2.75) is 19.8 Å². The van der Waals surface area contributed by atoms with Gasteiger partial charge in [0.2, 0.25) is 0 Å². The van der Waals surface area contributed by atoms with Crippen molar-refractivity contribution >= 4 is 71.5 Å². The lowest BCUT2D eigenvalue weighted by atomic mass is 9.88. The molecule has 0 radical (unpaired) electrons. The summed E-state index contributed by atoms with van der Waals surface area (Å²) in [5, 5.41) is 7.17. The Morgan fingerprint density at radius 2 is 1.21 bits per heavy atom. The van der Waals surface area contributed by atoms with Crippen LogP contribution in [0.15, 0.2) is 289 Å². The smallest absolute Gasteiger partial charge is 0.135 e. The molecule has 12 aromatic rings. The molecule has 2 heterocycles. The van der Waals surface area contributed by atoms with Crippen LogP contribution in [0.1, 0.15) is 25.3 Å². The van der Waals surface area contributed by atoms with E-state index in [2.05, 4.69) is 272 Å². The third kappa shape index (κ3) is 8.39. The number of aromatic nitrogens is 1. The van der Waals surface area contributed by atoms with Crippen molar-refractivity contribution in [3.8, 4) is 39.1 Å². The highest BCUT2D eigenvalue weighted by molar-refractivity contribution is 6.16. The summed E-state index contributed by atoms with van der Waals surface area (Å²) in [5.41, 5.74) is 19.6. The molecule has 0 spiro atoms. The number of nitrogens with zero attached hydrogens (tertiary/aromatic N) is 2. The Kier molecular flexibility index (Phi) is 11.8. The molecule has 0 amide bonds. The molecule has 0 saturated heterocycles. The summed E-state index contributed by atoms with van der Waals surface area (Å²) in [4.78, 5) is 2.50. The molecule has 1 aliphatic rings. The van der Waals surface area contributed by atoms with Crippen LogP contribution < -0.4 is 4.90 Å². The molecule has 358 valence electrons. The number of hydrogen-bond donors (Lipinski definition) is 0. The monoisotopic (exact) mass is 962 g/mol. The number of hydrogen-bond acceptors (Lipinski definition) is 2. The number of para-hydroxylation sites is 3. The van der Waals surface area contributed by atoms with Gasteiger partial charge in [0.1, 0.15) is 11.2 Å². The van der Waals surface area contributed by atoms with Crippen molar-refractivity contribution in [3.05, 3.63) is 290 Å². The second-order valence-electron chi connectivity index (χ2n) is 19.7. The molecule has 0 fully saturated rings. The van der Waals surface area contributed by atoms with Crippen LogP contribution in [0.5, 0.6) is 0 Å². The second kappa shape index (κ2) is 19.5. The average molecular weight is 963 g/mol. The molecule has 75 heavy (non-hydrogen) atoms. The van der Waals surface area contributed by atoms with Crippen LogP contribution in [0, 0.1) is 5.92 Å². The molecule has 0 N–H and O–H groups in total. The van der Waals surface area contributed by atoms with Crippen molar-refractivity contribution in [1.29, 1.82) is 0 Å². The largest absolute Gasteiger partial charge is 0.456 e. The van der Waals surface area contributed by atoms with Gasteiger partial charge >= 0.3 is 0 Å². The lowest BCUT2D eigenvalue weighted by Crippen LogP contribution is -2.24. The number of furan rings is 1. The third-order valence-corrected chi connectivity index (χ3v) is 15.1. The molecule has 1 aliphatic carbocycles. The Morgan fingerprint density at radius 3 is 2.07 bits per heavy atom. The van der Waals surface area contributed by atoms with Crippen LogP contribution in [0.2, 0.25) is 0 Å². The van der Waals surface area contributed by atoms with Crippen LogP contribution in [0.25, 0.3) is 99.2 Å². The SMILES string of the molecule is C=C/C=C(\C=C/CC1=CC=C(N(c2ccc(-c3ccccc3)cc2)c2ccccc2-c2cccc(-c3cccc4c3c3ccccc3n4-c3ccc4oc5ccccc5c4c3)c2)C(C)C1)c1cccc2ccccc12. The van der Waals surface area contributed by atoms with Crippen molar-refractivity contribution in [3.63, 3.8) is 0 Å².